The molecule has 0 saturated carbocycles. The molecule has 0 aliphatic heterocycles. The maximum atomic E-state index is 12.3. The molecule has 21 heavy (non-hydrogen) atoms. The Balaban J connectivity index is 2.06. The van der Waals surface area contributed by atoms with Gasteiger partial charge in [0.15, 0.2) is 0 Å². The summed E-state index contributed by atoms with van der Waals surface area (Å²) in [5, 5.41) is 15.8. The first-order valence-electron chi connectivity index (χ1n) is 6.65. The fourth-order valence-corrected chi connectivity index (χ4v) is 3.49. The van der Waals surface area contributed by atoms with Gasteiger partial charge in [0.25, 0.3) is 5.91 Å². The summed E-state index contributed by atoms with van der Waals surface area (Å²) in [6.07, 6.45) is 0.452. The SMILES string of the molecule is Cc1cc(C(=O)NC(C)c2ccsc2)sc1C#CCCO. The topological polar surface area (TPSA) is 49.3 Å². The number of hydrogen-bond donors (Lipinski definition) is 2. The Morgan fingerprint density at radius 3 is 3.00 bits per heavy atom. The van der Waals surface area contributed by atoms with Crippen molar-refractivity contribution in [2.24, 2.45) is 0 Å². The normalized spacial score (nSPS) is 11.6. The Labute approximate surface area is 132 Å². The lowest BCUT2D eigenvalue weighted by molar-refractivity contribution is 0.0944. The molecule has 5 heteroatoms. The standard InChI is InChI=1S/C16H17NO2S2/c1-11-9-15(21-14(11)5-3-4-7-18)16(19)17-12(2)13-6-8-20-10-13/h6,8-10,12,18H,4,7H2,1-2H3,(H,17,19). The first kappa shape index (κ1) is 15.8. The molecule has 2 aromatic heterocycles. The summed E-state index contributed by atoms with van der Waals surface area (Å²) >= 11 is 3.01. The molecule has 2 aromatic rings. The molecule has 0 radical (unpaired) electrons. The molecule has 0 fully saturated rings. The second-order valence-electron chi connectivity index (χ2n) is 4.65. The van der Waals surface area contributed by atoms with Crippen LogP contribution in [-0.2, 0) is 0 Å². The Morgan fingerprint density at radius 1 is 1.52 bits per heavy atom. The first-order chi connectivity index (χ1) is 10.1. The number of nitrogens with one attached hydrogen (secondary N) is 1. The van der Waals surface area contributed by atoms with Crippen LogP contribution in [0.3, 0.4) is 0 Å². The van der Waals surface area contributed by atoms with Gasteiger partial charge in [-0.05, 0) is 47.9 Å². The van der Waals surface area contributed by atoms with Crippen molar-refractivity contribution >= 4 is 28.6 Å². The van der Waals surface area contributed by atoms with Crippen molar-refractivity contribution < 1.29 is 9.90 Å². The molecule has 0 aliphatic rings. The average molecular weight is 319 g/mol. The van der Waals surface area contributed by atoms with Crippen LogP contribution in [0.5, 0.6) is 0 Å². The molecule has 2 heterocycles. The van der Waals surface area contributed by atoms with Gasteiger partial charge in [-0.25, -0.2) is 0 Å². The monoisotopic (exact) mass is 319 g/mol. The highest BCUT2D eigenvalue weighted by Gasteiger charge is 2.15. The van der Waals surface area contributed by atoms with Crippen LogP contribution < -0.4 is 5.32 Å². The van der Waals surface area contributed by atoms with E-state index in [1.165, 1.54) is 11.3 Å². The van der Waals surface area contributed by atoms with E-state index in [1.807, 2.05) is 36.7 Å². The summed E-state index contributed by atoms with van der Waals surface area (Å²) in [5.74, 6) is 5.82. The van der Waals surface area contributed by atoms with Crippen LogP contribution in [0.1, 0.15) is 45.1 Å². The smallest absolute Gasteiger partial charge is 0.261 e. The number of aliphatic hydroxyl groups is 1. The molecule has 0 aliphatic carbocycles. The van der Waals surface area contributed by atoms with Crippen molar-refractivity contribution in [1.82, 2.24) is 5.32 Å². The molecule has 1 atom stereocenters. The van der Waals surface area contributed by atoms with Gasteiger partial charge in [-0.1, -0.05) is 11.8 Å². The molecule has 0 saturated heterocycles. The third-order valence-electron chi connectivity index (χ3n) is 2.97. The number of carbonyl (C=O) groups excluding carboxylic acids is 1. The Kier molecular flexibility index (Phi) is 5.57. The average Bonchev–Trinajstić information content (AvgIpc) is 3.09. The number of aliphatic hydroxyl groups excluding tert-OH is 1. The molecule has 2 N–H and O–H groups in total. The first-order valence-corrected chi connectivity index (χ1v) is 8.41. The molecule has 0 aromatic carbocycles. The highest BCUT2D eigenvalue weighted by atomic mass is 32.1. The Bertz CT molecular complexity index is 662. The lowest BCUT2D eigenvalue weighted by Gasteiger charge is -2.11. The number of aryl methyl sites for hydroxylation is 1. The van der Waals surface area contributed by atoms with Gasteiger partial charge < -0.3 is 10.4 Å². The van der Waals surface area contributed by atoms with Crippen molar-refractivity contribution in [1.29, 1.82) is 0 Å². The van der Waals surface area contributed by atoms with E-state index in [-0.39, 0.29) is 18.6 Å². The van der Waals surface area contributed by atoms with Gasteiger partial charge in [-0.2, -0.15) is 11.3 Å². The number of amides is 1. The minimum atomic E-state index is -0.0722. The van der Waals surface area contributed by atoms with Crippen LogP contribution in [0, 0.1) is 18.8 Å². The van der Waals surface area contributed by atoms with E-state index in [0.717, 1.165) is 16.0 Å². The molecular weight excluding hydrogens is 302 g/mol. The van der Waals surface area contributed by atoms with Crippen molar-refractivity contribution in [3.63, 3.8) is 0 Å². The second kappa shape index (κ2) is 7.41. The number of carbonyl (C=O) groups is 1. The summed E-state index contributed by atoms with van der Waals surface area (Å²) in [4.78, 5) is 13.8. The summed E-state index contributed by atoms with van der Waals surface area (Å²) < 4.78 is 0. The van der Waals surface area contributed by atoms with Crippen LogP contribution >= 0.6 is 22.7 Å². The zero-order chi connectivity index (χ0) is 15.2. The van der Waals surface area contributed by atoms with E-state index in [4.69, 9.17) is 5.11 Å². The molecule has 2 rings (SSSR count). The van der Waals surface area contributed by atoms with Crippen LogP contribution in [-0.4, -0.2) is 17.6 Å². The molecule has 1 unspecified atom stereocenters. The van der Waals surface area contributed by atoms with Gasteiger partial charge in [0.1, 0.15) is 0 Å². The summed E-state index contributed by atoms with van der Waals surface area (Å²) in [6, 6.07) is 3.87. The van der Waals surface area contributed by atoms with Gasteiger partial charge in [-0.3, -0.25) is 4.79 Å². The lowest BCUT2D eigenvalue weighted by atomic mass is 10.2. The van der Waals surface area contributed by atoms with E-state index in [0.29, 0.717) is 11.3 Å². The number of rotatable bonds is 4. The van der Waals surface area contributed by atoms with E-state index in [2.05, 4.69) is 17.2 Å². The maximum Gasteiger partial charge on any atom is 0.261 e. The maximum absolute atomic E-state index is 12.3. The van der Waals surface area contributed by atoms with Crippen LogP contribution in [0.25, 0.3) is 0 Å². The fourth-order valence-electron chi connectivity index (χ4n) is 1.79. The molecule has 110 valence electrons. The number of hydrogen-bond acceptors (Lipinski definition) is 4. The second-order valence-corrected chi connectivity index (χ2v) is 6.48. The lowest BCUT2D eigenvalue weighted by Crippen LogP contribution is -2.25. The minimum absolute atomic E-state index is 0.00456. The predicted molar refractivity (Wildman–Crippen MR) is 87.8 cm³/mol. The molecular formula is C16H17NO2S2. The summed E-state index contributed by atoms with van der Waals surface area (Å²) in [5.41, 5.74) is 2.11. The Morgan fingerprint density at radius 2 is 2.33 bits per heavy atom. The summed E-state index contributed by atoms with van der Waals surface area (Å²) in [6.45, 7) is 3.98. The third-order valence-corrected chi connectivity index (χ3v) is 4.82. The quantitative estimate of drug-likeness (QED) is 0.849. The van der Waals surface area contributed by atoms with Crippen LogP contribution in [0.2, 0.25) is 0 Å². The van der Waals surface area contributed by atoms with Crippen molar-refractivity contribution in [3.05, 3.63) is 43.8 Å². The third kappa shape index (κ3) is 4.18. The zero-order valence-corrected chi connectivity index (χ0v) is 13.6. The number of thiophene rings is 2. The van der Waals surface area contributed by atoms with Gasteiger partial charge in [0.05, 0.1) is 22.4 Å². The largest absolute Gasteiger partial charge is 0.395 e. The fraction of sp³-hybridized carbons (Fsp3) is 0.312. The molecule has 1 amide bonds. The van der Waals surface area contributed by atoms with Crippen LogP contribution in [0.15, 0.2) is 22.9 Å². The van der Waals surface area contributed by atoms with E-state index in [9.17, 15) is 4.79 Å². The van der Waals surface area contributed by atoms with Gasteiger partial charge in [-0.15, -0.1) is 11.3 Å². The van der Waals surface area contributed by atoms with Crippen molar-refractivity contribution in [3.8, 4) is 11.8 Å². The van der Waals surface area contributed by atoms with Crippen molar-refractivity contribution in [2.45, 2.75) is 26.3 Å². The summed E-state index contributed by atoms with van der Waals surface area (Å²) in [7, 11) is 0. The predicted octanol–water partition coefficient (Wildman–Crippen LogP) is 3.34. The van der Waals surface area contributed by atoms with E-state index in [1.54, 1.807) is 11.3 Å². The van der Waals surface area contributed by atoms with Crippen LogP contribution in [0.4, 0.5) is 0 Å². The van der Waals surface area contributed by atoms with Gasteiger partial charge in [0, 0.05) is 6.42 Å². The molecule has 0 bridgehead atoms. The molecule has 0 spiro atoms. The van der Waals surface area contributed by atoms with Crippen molar-refractivity contribution in [2.75, 3.05) is 6.61 Å². The highest BCUT2D eigenvalue weighted by Crippen LogP contribution is 2.22. The van der Waals surface area contributed by atoms with Gasteiger partial charge in [0.2, 0.25) is 0 Å². The van der Waals surface area contributed by atoms with E-state index >= 15 is 0 Å². The minimum Gasteiger partial charge on any atom is -0.395 e. The van der Waals surface area contributed by atoms with Gasteiger partial charge >= 0.3 is 0 Å². The molecule has 3 nitrogen and oxygen atoms in total. The highest BCUT2D eigenvalue weighted by molar-refractivity contribution is 7.14. The van der Waals surface area contributed by atoms with E-state index < -0.39 is 0 Å². The Hall–Kier alpha value is -1.61. The zero-order valence-electron chi connectivity index (χ0n) is 12.0.